The zero-order valence-corrected chi connectivity index (χ0v) is 12.9. The van der Waals surface area contributed by atoms with E-state index in [4.69, 9.17) is 0 Å². The number of fused-ring (bicyclic) bond motifs is 1. The van der Waals surface area contributed by atoms with E-state index in [0.29, 0.717) is 5.56 Å². The molecule has 2 heterocycles. The quantitative estimate of drug-likeness (QED) is 0.741. The van der Waals surface area contributed by atoms with Gasteiger partial charge in [0.25, 0.3) is 11.8 Å². The van der Waals surface area contributed by atoms with Crippen LogP contribution in [0.4, 0.5) is 0 Å². The van der Waals surface area contributed by atoms with Gasteiger partial charge in [0.1, 0.15) is 6.04 Å². The summed E-state index contributed by atoms with van der Waals surface area (Å²) in [6.45, 7) is 1.46. The molecule has 8 heteroatoms. The van der Waals surface area contributed by atoms with Crippen molar-refractivity contribution in [3.63, 3.8) is 0 Å². The molecule has 0 unspecified atom stereocenters. The third-order valence-corrected chi connectivity index (χ3v) is 4.08. The molecule has 1 atom stereocenters. The Bertz CT molecular complexity index is 786. The molecule has 1 aromatic rings. The molecule has 24 heavy (non-hydrogen) atoms. The Hall–Kier alpha value is -3.03. The van der Waals surface area contributed by atoms with Crippen molar-refractivity contribution in [1.29, 1.82) is 0 Å². The van der Waals surface area contributed by atoms with Gasteiger partial charge < -0.3 is 5.32 Å². The smallest absolute Gasteiger partial charge is 0.262 e. The lowest BCUT2D eigenvalue weighted by Gasteiger charge is -2.27. The number of benzene rings is 1. The first kappa shape index (κ1) is 15.9. The van der Waals surface area contributed by atoms with Crippen molar-refractivity contribution < 1.29 is 24.0 Å². The van der Waals surface area contributed by atoms with E-state index in [1.807, 2.05) is 0 Å². The number of nitrogens with one attached hydrogen (secondary N) is 2. The molecule has 1 saturated heterocycles. The summed E-state index contributed by atoms with van der Waals surface area (Å²) < 4.78 is 0. The van der Waals surface area contributed by atoms with Crippen LogP contribution in [0.15, 0.2) is 18.2 Å². The molecular formula is C16H15N3O5. The fourth-order valence-electron chi connectivity index (χ4n) is 2.95. The van der Waals surface area contributed by atoms with Crippen LogP contribution in [0.25, 0.3) is 0 Å². The molecule has 0 radical (unpaired) electrons. The lowest BCUT2D eigenvalue weighted by molar-refractivity contribution is -0.136. The molecule has 0 bridgehead atoms. The minimum atomic E-state index is -0.997. The summed E-state index contributed by atoms with van der Waals surface area (Å²) in [5, 5.41) is 4.74. The van der Waals surface area contributed by atoms with E-state index in [1.54, 1.807) is 12.1 Å². The van der Waals surface area contributed by atoms with Crippen molar-refractivity contribution in [1.82, 2.24) is 15.5 Å². The highest BCUT2D eigenvalue weighted by Gasteiger charge is 2.45. The minimum Gasteiger partial charge on any atom is -0.352 e. The van der Waals surface area contributed by atoms with Crippen LogP contribution in [0.2, 0.25) is 0 Å². The number of hydrogen-bond acceptors (Lipinski definition) is 5. The van der Waals surface area contributed by atoms with Crippen LogP contribution in [0, 0.1) is 0 Å². The molecule has 0 spiro atoms. The van der Waals surface area contributed by atoms with Gasteiger partial charge in [-0.05, 0) is 18.1 Å². The van der Waals surface area contributed by atoms with Crippen LogP contribution in [0.3, 0.4) is 0 Å². The van der Waals surface area contributed by atoms with Crippen molar-refractivity contribution in [2.45, 2.75) is 32.4 Å². The van der Waals surface area contributed by atoms with Crippen molar-refractivity contribution in [2.24, 2.45) is 0 Å². The average Bonchev–Trinajstić information content (AvgIpc) is 2.78. The van der Waals surface area contributed by atoms with E-state index in [-0.39, 0.29) is 36.4 Å². The second-order valence-corrected chi connectivity index (χ2v) is 5.70. The lowest BCUT2D eigenvalue weighted by atomic mass is 10.0. The molecule has 2 aliphatic heterocycles. The maximum atomic E-state index is 12.7. The monoisotopic (exact) mass is 329 g/mol. The first-order valence-electron chi connectivity index (χ1n) is 7.48. The molecule has 5 amide bonds. The van der Waals surface area contributed by atoms with Gasteiger partial charge >= 0.3 is 0 Å². The Morgan fingerprint density at radius 2 is 2.00 bits per heavy atom. The molecule has 2 aliphatic rings. The normalized spacial score (nSPS) is 20.0. The number of amides is 5. The number of rotatable bonds is 3. The standard InChI is InChI=1S/C16H15N3O5/c1-8(20)17-7-9-3-2-4-10-13(9)16(24)19(15(10)23)11-5-6-12(21)18-14(11)22/h2-4,11H,5-7H2,1H3,(H,17,20)(H,18,21,22)/t11-/m0/s1. The number of imide groups is 2. The van der Waals surface area contributed by atoms with Crippen LogP contribution < -0.4 is 10.6 Å². The van der Waals surface area contributed by atoms with Gasteiger partial charge in [0.15, 0.2) is 0 Å². The fourth-order valence-corrected chi connectivity index (χ4v) is 2.95. The topological polar surface area (TPSA) is 113 Å². The highest BCUT2D eigenvalue weighted by atomic mass is 16.2. The van der Waals surface area contributed by atoms with Crippen LogP contribution >= 0.6 is 0 Å². The highest BCUT2D eigenvalue weighted by molar-refractivity contribution is 6.24. The Morgan fingerprint density at radius 1 is 1.25 bits per heavy atom. The fraction of sp³-hybridized carbons (Fsp3) is 0.312. The molecule has 0 saturated carbocycles. The molecule has 2 N–H and O–H groups in total. The average molecular weight is 329 g/mol. The van der Waals surface area contributed by atoms with Crippen molar-refractivity contribution in [3.8, 4) is 0 Å². The second kappa shape index (κ2) is 5.88. The molecule has 1 fully saturated rings. The first-order chi connectivity index (χ1) is 11.4. The van der Waals surface area contributed by atoms with E-state index >= 15 is 0 Å². The van der Waals surface area contributed by atoms with Crippen molar-refractivity contribution in [3.05, 3.63) is 34.9 Å². The molecule has 1 aromatic carbocycles. The molecule has 8 nitrogen and oxygen atoms in total. The molecular weight excluding hydrogens is 314 g/mol. The van der Waals surface area contributed by atoms with E-state index in [1.165, 1.54) is 13.0 Å². The zero-order chi connectivity index (χ0) is 17.4. The number of carbonyl (C=O) groups excluding carboxylic acids is 5. The summed E-state index contributed by atoms with van der Waals surface area (Å²) in [6.07, 6.45) is 0.180. The first-order valence-corrected chi connectivity index (χ1v) is 7.48. The van der Waals surface area contributed by atoms with Gasteiger partial charge in [0.2, 0.25) is 17.7 Å². The Morgan fingerprint density at radius 3 is 2.67 bits per heavy atom. The number of carbonyl (C=O) groups is 5. The second-order valence-electron chi connectivity index (χ2n) is 5.70. The molecule has 124 valence electrons. The maximum absolute atomic E-state index is 12.7. The predicted octanol–water partition coefficient (Wildman–Crippen LogP) is -0.276. The molecule has 0 aliphatic carbocycles. The van der Waals surface area contributed by atoms with Gasteiger partial charge in [-0.2, -0.15) is 0 Å². The van der Waals surface area contributed by atoms with Gasteiger partial charge in [-0.3, -0.25) is 34.2 Å². The zero-order valence-electron chi connectivity index (χ0n) is 12.9. The van der Waals surface area contributed by atoms with E-state index < -0.39 is 29.7 Å². The van der Waals surface area contributed by atoms with Crippen molar-refractivity contribution in [2.75, 3.05) is 0 Å². The van der Waals surface area contributed by atoms with Crippen LogP contribution in [0.5, 0.6) is 0 Å². The summed E-state index contributed by atoms with van der Waals surface area (Å²) >= 11 is 0. The summed E-state index contributed by atoms with van der Waals surface area (Å²) in [7, 11) is 0. The summed E-state index contributed by atoms with van der Waals surface area (Å²) in [5.41, 5.74) is 0.907. The number of piperidine rings is 1. The summed E-state index contributed by atoms with van der Waals surface area (Å²) in [6, 6.07) is 3.78. The van der Waals surface area contributed by atoms with E-state index in [9.17, 15) is 24.0 Å². The van der Waals surface area contributed by atoms with Gasteiger partial charge in [-0.15, -0.1) is 0 Å². The van der Waals surface area contributed by atoms with E-state index in [2.05, 4.69) is 10.6 Å². The maximum Gasteiger partial charge on any atom is 0.262 e. The SMILES string of the molecule is CC(=O)NCc1cccc2c1C(=O)N([C@H]1CCC(=O)NC1=O)C2=O. The van der Waals surface area contributed by atoms with Gasteiger partial charge in [-0.25, -0.2) is 0 Å². The number of hydrogen-bond donors (Lipinski definition) is 2. The van der Waals surface area contributed by atoms with Crippen molar-refractivity contribution >= 4 is 29.5 Å². The largest absolute Gasteiger partial charge is 0.352 e. The summed E-state index contributed by atoms with van der Waals surface area (Å²) in [4.78, 5) is 60.6. The van der Waals surface area contributed by atoms with E-state index in [0.717, 1.165) is 4.90 Å². The lowest BCUT2D eigenvalue weighted by Crippen LogP contribution is -2.54. The molecule has 0 aromatic heterocycles. The third kappa shape index (κ3) is 2.55. The summed E-state index contributed by atoms with van der Waals surface area (Å²) in [5.74, 6) is -2.46. The third-order valence-electron chi connectivity index (χ3n) is 4.08. The van der Waals surface area contributed by atoms with Crippen LogP contribution in [-0.2, 0) is 20.9 Å². The minimum absolute atomic E-state index is 0.0720. The number of nitrogens with zero attached hydrogens (tertiary/aromatic N) is 1. The molecule has 3 rings (SSSR count). The Balaban J connectivity index is 1.94. The van der Waals surface area contributed by atoms with Gasteiger partial charge in [0, 0.05) is 19.9 Å². The highest BCUT2D eigenvalue weighted by Crippen LogP contribution is 2.29. The van der Waals surface area contributed by atoms with Gasteiger partial charge in [-0.1, -0.05) is 12.1 Å². The Kier molecular flexibility index (Phi) is 3.88. The van der Waals surface area contributed by atoms with Gasteiger partial charge in [0.05, 0.1) is 11.1 Å². The Labute approximate surface area is 137 Å². The van der Waals surface area contributed by atoms with Crippen LogP contribution in [-0.4, -0.2) is 40.5 Å². The van der Waals surface area contributed by atoms with Crippen LogP contribution in [0.1, 0.15) is 46.0 Å². The predicted molar refractivity (Wildman–Crippen MR) is 80.6 cm³/mol.